The number of amides is 2. The van der Waals surface area contributed by atoms with Crippen molar-refractivity contribution in [2.75, 3.05) is 0 Å². The van der Waals surface area contributed by atoms with Gasteiger partial charge in [-0.3, -0.25) is 9.59 Å². The van der Waals surface area contributed by atoms with E-state index in [9.17, 15) is 14.4 Å². The fraction of sp³-hybridized carbons (Fsp3) is 0.182. The molecule has 18 heavy (non-hydrogen) atoms. The summed E-state index contributed by atoms with van der Waals surface area (Å²) in [5.74, 6) is -2.83. The third kappa shape index (κ3) is 3.74. The molecule has 0 spiro atoms. The van der Waals surface area contributed by atoms with E-state index in [0.29, 0.717) is 0 Å². The molecule has 4 N–H and O–H groups in total. The minimum absolute atomic E-state index is 0.134. The Morgan fingerprint density at radius 3 is 2.44 bits per heavy atom. The first-order valence-electron chi connectivity index (χ1n) is 4.98. The summed E-state index contributed by atoms with van der Waals surface area (Å²) in [7, 11) is 0. The predicted octanol–water partition coefficient (Wildman–Crippen LogP) is 0.398. The Hall–Kier alpha value is -2.08. The Balaban J connectivity index is 2.82. The Kier molecular flexibility index (Phi) is 4.67. The highest BCUT2D eigenvalue weighted by atomic mass is 35.5. The van der Waals surface area contributed by atoms with Crippen LogP contribution >= 0.6 is 11.6 Å². The number of carboxylic acids is 1. The number of carboxylic acid groups (broad SMARTS) is 1. The summed E-state index contributed by atoms with van der Waals surface area (Å²) in [5.41, 5.74) is 5.03. The average Bonchev–Trinajstić information content (AvgIpc) is 2.27. The molecule has 1 aromatic carbocycles. The van der Waals surface area contributed by atoms with Crippen molar-refractivity contribution < 1.29 is 19.5 Å². The van der Waals surface area contributed by atoms with Gasteiger partial charge in [-0.2, -0.15) is 0 Å². The molecule has 0 unspecified atom stereocenters. The van der Waals surface area contributed by atoms with Gasteiger partial charge in [0, 0.05) is 0 Å². The summed E-state index contributed by atoms with van der Waals surface area (Å²) in [6, 6.07) is 4.80. The molecule has 2 amide bonds. The molecule has 0 radical (unpaired) electrons. The van der Waals surface area contributed by atoms with Crippen LogP contribution in [0.3, 0.4) is 0 Å². The first-order valence-corrected chi connectivity index (χ1v) is 5.36. The SMILES string of the molecule is NC(=O)C[C@@H](NC(=O)c1ccccc1Cl)C(=O)O. The van der Waals surface area contributed by atoms with Gasteiger partial charge < -0.3 is 16.2 Å². The number of primary amides is 1. The number of carbonyl (C=O) groups is 3. The van der Waals surface area contributed by atoms with Crippen molar-refractivity contribution >= 4 is 29.4 Å². The van der Waals surface area contributed by atoms with Crippen LogP contribution in [0.1, 0.15) is 16.8 Å². The molecule has 0 saturated heterocycles. The molecule has 0 aliphatic carbocycles. The molecule has 0 aliphatic heterocycles. The van der Waals surface area contributed by atoms with E-state index >= 15 is 0 Å². The van der Waals surface area contributed by atoms with Gasteiger partial charge in [-0.1, -0.05) is 23.7 Å². The maximum Gasteiger partial charge on any atom is 0.326 e. The summed E-state index contributed by atoms with van der Waals surface area (Å²) in [5, 5.41) is 11.2. The Morgan fingerprint density at radius 2 is 1.94 bits per heavy atom. The zero-order valence-electron chi connectivity index (χ0n) is 9.22. The van der Waals surface area contributed by atoms with E-state index in [2.05, 4.69) is 5.32 Å². The molecule has 1 atom stereocenters. The van der Waals surface area contributed by atoms with Gasteiger partial charge in [0.1, 0.15) is 6.04 Å². The number of aliphatic carboxylic acids is 1. The largest absolute Gasteiger partial charge is 0.480 e. The minimum Gasteiger partial charge on any atom is -0.480 e. The van der Waals surface area contributed by atoms with Crippen LogP contribution in [0, 0.1) is 0 Å². The summed E-state index contributed by atoms with van der Waals surface area (Å²) in [4.78, 5) is 33.3. The summed E-state index contributed by atoms with van der Waals surface area (Å²) in [6.45, 7) is 0. The maximum atomic E-state index is 11.8. The van der Waals surface area contributed by atoms with Gasteiger partial charge in [-0.05, 0) is 12.1 Å². The molecule has 7 heteroatoms. The van der Waals surface area contributed by atoms with E-state index < -0.39 is 30.2 Å². The zero-order valence-corrected chi connectivity index (χ0v) is 9.98. The molecule has 0 heterocycles. The van der Waals surface area contributed by atoms with Crippen molar-refractivity contribution in [2.45, 2.75) is 12.5 Å². The van der Waals surface area contributed by atoms with Gasteiger partial charge in [-0.25, -0.2) is 4.79 Å². The Morgan fingerprint density at radius 1 is 1.33 bits per heavy atom. The van der Waals surface area contributed by atoms with Gasteiger partial charge in [0.15, 0.2) is 0 Å². The van der Waals surface area contributed by atoms with Crippen LogP contribution in [-0.2, 0) is 9.59 Å². The monoisotopic (exact) mass is 270 g/mol. The van der Waals surface area contributed by atoms with Gasteiger partial charge in [-0.15, -0.1) is 0 Å². The van der Waals surface area contributed by atoms with E-state index in [1.807, 2.05) is 0 Å². The van der Waals surface area contributed by atoms with E-state index in [0.717, 1.165) is 0 Å². The average molecular weight is 271 g/mol. The van der Waals surface area contributed by atoms with Gasteiger partial charge >= 0.3 is 5.97 Å². The Labute approximate surface area is 108 Å². The fourth-order valence-corrected chi connectivity index (χ4v) is 1.50. The van der Waals surface area contributed by atoms with Crippen molar-refractivity contribution in [1.29, 1.82) is 0 Å². The van der Waals surface area contributed by atoms with Crippen molar-refractivity contribution in [3.8, 4) is 0 Å². The lowest BCUT2D eigenvalue weighted by molar-refractivity contribution is -0.140. The third-order valence-corrected chi connectivity index (χ3v) is 2.46. The molecular formula is C11H11ClN2O4. The van der Waals surface area contributed by atoms with Gasteiger partial charge in [0.05, 0.1) is 17.0 Å². The number of nitrogens with two attached hydrogens (primary N) is 1. The van der Waals surface area contributed by atoms with Crippen LogP contribution in [0.25, 0.3) is 0 Å². The maximum absolute atomic E-state index is 11.8. The number of rotatable bonds is 5. The molecule has 0 aliphatic rings. The molecule has 0 saturated carbocycles. The lowest BCUT2D eigenvalue weighted by Gasteiger charge is -2.13. The second kappa shape index (κ2) is 6.02. The molecule has 1 aromatic rings. The summed E-state index contributed by atoms with van der Waals surface area (Å²) < 4.78 is 0. The fourth-order valence-electron chi connectivity index (χ4n) is 1.28. The second-order valence-corrected chi connectivity index (χ2v) is 3.92. The van der Waals surface area contributed by atoms with Crippen LogP contribution in [0.15, 0.2) is 24.3 Å². The summed E-state index contributed by atoms with van der Waals surface area (Å²) in [6.07, 6.45) is -0.481. The van der Waals surface area contributed by atoms with Crippen LogP contribution in [0.5, 0.6) is 0 Å². The van der Waals surface area contributed by atoms with E-state index in [1.165, 1.54) is 12.1 Å². The van der Waals surface area contributed by atoms with E-state index in [1.54, 1.807) is 12.1 Å². The van der Waals surface area contributed by atoms with Gasteiger partial charge in [0.25, 0.3) is 5.91 Å². The van der Waals surface area contributed by atoms with Crippen molar-refractivity contribution in [3.63, 3.8) is 0 Å². The number of nitrogens with one attached hydrogen (secondary N) is 1. The van der Waals surface area contributed by atoms with Crippen LogP contribution in [0.4, 0.5) is 0 Å². The molecule has 6 nitrogen and oxygen atoms in total. The molecule has 0 bridgehead atoms. The number of halogens is 1. The molecule has 0 fully saturated rings. The lowest BCUT2D eigenvalue weighted by atomic mass is 10.1. The number of benzene rings is 1. The molecule has 0 aromatic heterocycles. The third-order valence-electron chi connectivity index (χ3n) is 2.13. The first-order chi connectivity index (χ1) is 8.41. The molecular weight excluding hydrogens is 260 g/mol. The zero-order chi connectivity index (χ0) is 13.7. The van der Waals surface area contributed by atoms with Crippen molar-refractivity contribution in [1.82, 2.24) is 5.32 Å². The second-order valence-electron chi connectivity index (χ2n) is 3.51. The number of hydrogen-bond acceptors (Lipinski definition) is 3. The Bertz CT molecular complexity index is 490. The van der Waals surface area contributed by atoms with Crippen molar-refractivity contribution in [3.05, 3.63) is 34.9 Å². The van der Waals surface area contributed by atoms with Gasteiger partial charge in [0.2, 0.25) is 5.91 Å². The van der Waals surface area contributed by atoms with Crippen LogP contribution in [-0.4, -0.2) is 28.9 Å². The van der Waals surface area contributed by atoms with Crippen LogP contribution < -0.4 is 11.1 Å². The lowest BCUT2D eigenvalue weighted by Crippen LogP contribution is -2.43. The van der Waals surface area contributed by atoms with Crippen molar-refractivity contribution in [2.24, 2.45) is 5.73 Å². The highest BCUT2D eigenvalue weighted by Gasteiger charge is 2.23. The highest BCUT2D eigenvalue weighted by Crippen LogP contribution is 2.14. The van der Waals surface area contributed by atoms with E-state index in [4.69, 9.17) is 22.4 Å². The molecule has 1 rings (SSSR count). The predicted molar refractivity (Wildman–Crippen MR) is 64.2 cm³/mol. The topological polar surface area (TPSA) is 109 Å². The molecule has 96 valence electrons. The quantitative estimate of drug-likeness (QED) is 0.719. The smallest absolute Gasteiger partial charge is 0.326 e. The minimum atomic E-state index is -1.37. The standard InChI is InChI=1S/C11H11ClN2O4/c12-7-4-2-1-3-6(7)10(16)14-8(11(17)18)5-9(13)15/h1-4,8H,5H2,(H2,13,15)(H,14,16)(H,17,18)/t8-/m1/s1. The first kappa shape index (κ1) is 14.0. The normalized spacial score (nSPS) is 11.6. The highest BCUT2D eigenvalue weighted by molar-refractivity contribution is 6.33. The number of carbonyl (C=O) groups excluding carboxylic acids is 2. The van der Waals surface area contributed by atoms with E-state index in [-0.39, 0.29) is 10.6 Å². The summed E-state index contributed by atoms with van der Waals surface area (Å²) >= 11 is 5.79. The van der Waals surface area contributed by atoms with Crippen LogP contribution in [0.2, 0.25) is 5.02 Å². The number of hydrogen-bond donors (Lipinski definition) is 3.